The molecule has 5 heteroatoms. The predicted octanol–water partition coefficient (Wildman–Crippen LogP) is 0.884. The van der Waals surface area contributed by atoms with Crippen molar-refractivity contribution in [1.29, 1.82) is 0 Å². The first kappa shape index (κ1) is 16.4. The van der Waals surface area contributed by atoms with Gasteiger partial charge < -0.3 is 14.4 Å². The van der Waals surface area contributed by atoms with Gasteiger partial charge in [-0.15, -0.1) is 0 Å². The van der Waals surface area contributed by atoms with Gasteiger partial charge in [0.05, 0.1) is 13.7 Å². The molecular weight excluding hydrogens is 244 g/mol. The van der Waals surface area contributed by atoms with E-state index in [0.29, 0.717) is 19.1 Å². The van der Waals surface area contributed by atoms with Crippen molar-refractivity contribution in [3.05, 3.63) is 0 Å². The molecule has 0 saturated heterocycles. The van der Waals surface area contributed by atoms with Crippen LogP contribution in [0.25, 0.3) is 0 Å². The zero-order valence-electron chi connectivity index (χ0n) is 12.9. The third-order valence-corrected chi connectivity index (χ3v) is 3.57. The molecule has 0 aromatic heterocycles. The van der Waals surface area contributed by atoms with Gasteiger partial charge >= 0.3 is 5.97 Å². The van der Waals surface area contributed by atoms with Gasteiger partial charge in [-0.2, -0.15) is 0 Å². The number of hydrogen-bond donors (Lipinski definition) is 1. The lowest BCUT2D eigenvalue weighted by atomic mass is 9.91. The SMILES string of the molecule is COCCN(C)CC(NC(C)C)(C(=O)OC)C1CC1. The molecule has 1 N–H and O–H groups in total. The predicted molar refractivity (Wildman–Crippen MR) is 75.1 cm³/mol. The molecule has 0 heterocycles. The summed E-state index contributed by atoms with van der Waals surface area (Å²) in [6.07, 6.45) is 2.18. The molecule has 0 radical (unpaired) electrons. The van der Waals surface area contributed by atoms with E-state index in [0.717, 1.165) is 19.4 Å². The van der Waals surface area contributed by atoms with Gasteiger partial charge in [0.25, 0.3) is 0 Å². The average molecular weight is 272 g/mol. The minimum absolute atomic E-state index is 0.145. The Morgan fingerprint density at radius 1 is 1.42 bits per heavy atom. The molecule has 0 aromatic rings. The summed E-state index contributed by atoms with van der Waals surface area (Å²) in [7, 11) is 5.17. The van der Waals surface area contributed by atoms with Gasteiger partial charge in [0.2, 0.25) is 0 Å². The summed E-state index contributed by atoms with van der Waals surface area (Å²) < 4.78 is 10.2. The van der Waals surface area contributed by atoms with Crippen LogP contribution in [0, 0.1) is 5.92 Å². The molecular formula is C14H28N2O3. The van der Waals surface area contributed by atoms with E-state index in [1.807, 2.05) is 7.05 Å². The lowest BCUT2D eigenvalue weighted by Gasteiger charge is -2.37. The van der Waals surface area contributed by atoms with Crippen LogP contribution in [0.5, 0.6) is 0 Å². The highest BCUT2D eigenvalue weighted by atomic mass is 16.5. The van der Waals surface area contributed by atoms with Crippen LogP contribution in [0.2, 0.25) is 0 Å². The van der Waals surface area contributed by atoms with Gasteiger partial charge in [-0.3, -0.25) is 5.32 Å². The van der Waals surface area contributed by atoms with E-state index in [1.54, 1.807) is 7.11 Å². The maximum Gasteiger partial charge on any atom is 0.327 e. The first-order chi connectivity index (χ1) is 8.96. The minimum atomic E-state index is -0.578. The van der Waals surface area contributed by atoms with Gasteiger partial charge in [0.15, 0.2) is 0 Å². The largest absolute Gasteiger partial charge is 0.468 e. The Morgan fingerprint density at radius 2 is 2.05 bits per heavy atom. The topological polar surface area (TPSA) is 50.8 Å². The molecule has 1 rings (SSSR count). The molecule has 19 heavy (non-hydrogen) atoms. The van der Waals surface area contributed by atoms with Gasteiger partial charge in [-0.1, -0.05) is 0 Å². The van der Waals surface area contributed by atoms with Gasteiger partial charge in [0.1, 0.15) is 5.54 Å². The number of likely N-dealkylation sites (N-methyl/N-ethyl adjacent to an activating group) is 1. The van der Waals surface area contributed by atoms with Crippen LogP contribution in [0.4, 0.5) is 0 Å². The Balaban J connectivity index is 2.79. The monoisotopic (exact) mass is 272 g/mol. The number of carbonyl (C=O) groups is 1. The molecule has 0 aliphatic heterocycles. The summed E-state index contributed by atoms with van der Waals surface area (Å²) in [4.78, 5) is 14.5. The number of methoxy groups -OCH3 is 2. The van der Waals surface area contributed by atoms with E-state index in [4.69, 9.17) is 9.47 Å². The van der Waals surface area contributed by atoms with Crippen molar-refractivity contribution in [1.82, 2.24) is 10.2 Å². The molecule has 0 spiro atoms. The highest BCUT2D eigenvalue weighted by molar-refractivity contribution is 5.82. The molecule has 112 valence electrons. The second kappa shape index (κ2) is 7.22. The summed E-state index contributed by atoms with van der Waals surface area (Å²) in [6.45, 7) is 6.26. The van der Waals surface area contributed by atoms with E-state index < -0.39 is 5.54 Å². The van der Waals surface area contributed by atoms with Gasteiger partial charge in [0, 0.05) is 26.2 Å². The molecule has 1 aliphatic rings. The van der Waals surface area contributed by atoms with E-state index in [1.165, 1.54) is 7.11 Å². The first-order valence-corrected chi connectivity index (χ1v) is 7.00. The highest BCUT2D eigenvalue weighted by Crippen LogP contribution is 2.41. The smallest absolute Gasteiger partial charge is 0.327 e. The number of esters is 1. The summed E-state index contributed by atoms with van der Waals surface area (Å²) in [5.74, 6) is 0.236. The Labute approximate surface area is 116 Å². The summed E-state index contributed by atoms with van der Waals surface area (Å²) in [5, 5.41) is 3.46. The maximum atomic E-state index is 12.3. The molecule has 1 saturated carbocycles. The van der Waals surface area contributed by atoms with Crippen LogP contribution < -0.4 is 5.32 Å². The fraction of sp³-hybridized carbons (Fsp3) is 0.929. The lowest BCUT2D eigenvalue weighted by Crippen LogP contribution is -2.62. The third kappa shape index (κ3) is 4.44. The van der Waals surface area contributed by atoms with E-state index in [2.05, 4.69) is 24.1 Å². The van der Waals surface area contributed by atoms with Crippen LogP contribution in [0.1, 0.15) is 26.7 Å². The number of carbonyl (C=O) groups excluding carboxylic acids is 1. The molecule has 0 amide bonds. The zero-order valence-corrected chi connectivity index (χ0v) is 12.9. The normalized spacial score (nSPS) is 18.7. The quantitative estimate of drug-likeness (QED) is 0.632. The van der Waals surface area contributed by atoms with Gasteiger partial charge in [-0.25, -0.2) is 4.79 Å². The van der Waals surface area contributed by atoms with Crippen LogP contribution >= 0.6 is 0 Å². The summed E-state index contributed by atoms with van der Waals surface area (Å²) in [6, 6.07) is 0.246. The van der Waals surface area contributed by atoms with Crippen molar-refractivity contribution in [2.75, 3.05) is 41.0 Å². The van der Waals surface area contributed by atoms with E-state index in [9.17, 15) is 4.79 Å². The van der Waals surface area contributed by atoms with Crippen LogP contribution in [-0.2, 0) is 14.3 Å². The zero-order chi connectivity index (χ0) is 14.5. The Morgan fingerprint density at radius 3 is 2.47 bits per heavy atom. The molecule has 5 nitrogen and oxygen atoms in total. The lowest BCUT2D eigenvalue weighted by molar-refractivity contribution is -0.151. The number of ether oxygens (including phenoxy) is 2. The van der Waals surface area contributed by atoms with Crippen LogP contribution in [-0.4, -0.2) is 63.4 Å². The fourth-order valence-electron chi connectivity index (χ4n) is 2.61. The molecule has 1 atom stereocenters. The van der Waals surface area contributed by atoms with Crippen molar-refractivity contribution in [3.8, 4) is 0 Å². The van der Waals surface area contributed by atoms with Gasteiger partial charge in [-0.05, 0) is 39.7 Å². The Hall–Kier alpha value is -0.650. The van der Waals surface area contributed by atoms with Crippen molar-refractivity contribution in [2.45, 2.75) is 38.3 Å². The average Bonchev–Trinajstić information content (AvgIpc) is 3.18. The second-order valence-electron chi connectivity index (χ2n) is 5.77. The summed E-state index contributed by atoms with van der Waals surface area (Å²) >= 11 is 0. The highest BCUT2D eigenvalue weighted by Gasteiger charge is 2.52. The van der Waals surface area contributed by atoms with E-state index >= 15 is 0 Å². The standard InChI is InChI=1S/C14H28N2O3/c1-11(2)15-14(12-6-7-12,13(17)19-5)10-16(3)8-9-18-4/h11-12,15H,6-10H2,1-5H3. The number of hydrogen-bond acceptors (Lipinski definition) is 5. The maximum absolute atomic E-state index is 12.3. The minimum Gasteiger partial charge on any atom is -0.468 e. The molecule has 0 bridgehead atoms. The molecule has 0 aromatic carbocycles. The Bertz CT molecular complexity index is 292. The molecule has 1 unspecified atom stereocenters. The van der Waals surface area contributed by atoms with Crippen molar-refractivity contribution in [3.63, 3.8) is 0 Å². The third-order valence-electron chi connectivity index (χ3n) is 3.57. The summed E-state index contributed by atoms with van der Waals surface area (Å²) in [5.41, 5.74) is -0.578. The van der Waals surface area contributed by atoms with Crippen molar-refractivity contribution < 1.29 is 14.3 Å². The molecule has 1 aliphatic carbocycles. The number of nitrogens with zero attached hydrogens (tertiary/aromatic N) is 1. The first-order valence-electron chi connectivity index (χ1n) is 7.00. The Kier molecular flexibility index (Phi) is 6.23. The van der Waals surface area contributed by atoms with Crippen LogP contribution in [0.3, 0.4) is 0 Å². The van der Waals surface area contributed by atoms with Crippen molar-refractivity contribution >= 4 is 5.97 Å². The number of nitrogens with one attached hydrogen (secondary N) is 1. The molecule has 1 fully saturated rings. The van der Waals surface area contributed by atoms with Crippen molar-refractivity contribution in [2.24, 2.45) is 5.92 Å². The second-order valence-corrected chi connectivity index (χ2v) is 5.77. The van der Waals surface area contributed by atoms with Crippen LogP contribution in [0.15, 0.2) is 0 Å². The number of rotatable bonds is 9. The van der Waals surface area contributed by atoms with E-state index in [-0.39, 0.29) is 12.0 Å². The fourth-order valence-corrected chi connectivity index (χ4v) is 2.61.